The predicted octanol–water partition coefficient (Wildman–Crippen LogP) is 4.77. The van der Waals surface area contributed by atoms with Gasteiger partial charge in [-0.15, -0.1) is 23.5 Å². The number of nitrogens with one attached hydrogen (secondary N) is 1. The van der Waals surface area contributed by atoms with E-state index in [0.29, 0.717) is 0 Å². The highest BCUT2D eigenvalue weighted by molar-refractivity contribution is 7.99. The van der Waals surface area contributed by atoms with Gasteiger partial charge in [0.15, 0.2) is 0 Å². The van der Waals surface area contributed by atoms with Crippen LogP contribution in [0.2, 0.25) is 0 Å². The summed E-state index contributed by atoms with van der Waals surface area (Å²) in [5.41, 5.74) is 1.26. The van der Waals surface area contributed by atoms with Gasteiger partial charge in [-0.2, -0.15) is 0 Å². The highest BCUT2D eigenvalue weighted by Gasteiger charge is 2.23. The third-order valence-electron chi connectivity index (χ3n) is 3.97. The molecule has 0 spiro atoms. The molecule has 3 rings (SSSR count). The molecule has 2 nitrogen and oxygen atoms in total. The molecular weight excluding hydrogens is 322 g/mol. The molecule has 0 fully saturated rings. The van der Waals surface area contributed by atoms with Gasteiger partial charge in [0.25, 0.3) is 0 Å². The monoisotopic (exact) mass is 343 g/mol. The molecule has 0 saturated carbocycles. The second kappa shape index (κ2) is 7.93. The lowest BCUT2D eigenvalue weighted by Crippen LogP contribution is -2.35. The SMILES string of the molecule is CC(CSc1ccccc1)C(=O)NC1CCSc2ccccc21. The average Bonchev–Trinajstić information content (AvgIpc) is 2.61. The summed E-state index contributed by atoms with van der Waals surface area (Å²) in [6.45, 7) is 2.01. The summed E-state index contributed by atoms with van der Waals surface area (Å²) in [7, 11) is 0. The second-order valence-corrected chi connectivity index (χ2v) is 7.99. The number of hydrogen-bond donors (Lipinski definition) is 1. The first kappa shape index (κ1) is 16.5. The maximum atomic E-state index is 12.5. The van der Waals surface area contributed by atoms with Crippen molar-refractivity contribution in [3.8, 4) is 0 Å². The standard InChI is InChI=1S/C19H21NOS2/c1-14(13-23-15-7-3-2-4-8-15)19(21)20-17-11-12-22-18-10-6-5-9-16(17)18/h2-10,14,17H,11-13H2,1H3,(H,20,21). The van der Waals surface area contributed by atoms with Crippen molar-refractivity contribution in [1.82, 2.24) is 5.32 Å². The number of thioether (sulfide) groups is 2. The van der Waals surface area contributed by atoms with Crippen LogP contribution in [0.3, 0.4) is 0 Å². The number of amides is 1. The molecule has 0 aromatic heterocycles. The van der Waals surface area contributed by atoms with Crippen LogP contribution >= 0.6 is 23.5 Å². The Kier molecular flexibility index (Phi) is 5.68. The maximum absolute atomic E-state index is 12.5. The first-order valence-electron chi connectivity index (χ1n) is 7.94. The molecule has 2 atom stereocenters. The van der Waals surface area contributed by atoms with Crippen LogP contribution < -0.4 is 5.32 Å². The smallest absolute Gasteiger partial charge is 0.224 e. The summed E-state index contributed by atoms with van der Waals surface area (Å²) < 4.78 is 0. The Balaban J connectivity index is 1.57. The quantitative estimate of drug-likeness (QED) is 0.793. The summed E-state index contributed by atoms with van der Waals surface area (Å²) in [5.74, 6) is 2.02. The number of benzene rings is 2. The molecule has 1 N–H and O–H groups in total. The summed E-state index contributed by atoms with van der Waals surface area (Å²) in [4.78, 5) is 15.0. The molecule has 1 aliphatic rings. The van der Waals surface area contributed by atoms with E-state index in [1.54, 1.807) is 11.8 Å². The first-order valence-corrected chi connectivity index (χ1v) is 9.91. The van der Waals surface area contributed by atoms with Crippen molar-refractivity contribution < 1.29 is 4.79 Å². The molecule has 0 aliphatic carbocycles. The summed E-state index contributed by atoms with van der Waals surface area (Å²) in [6.07, 6.45) is 1.01. The Morgan fingerprint density at radius 2 is 1.96 bits per heavy atom. The maximum Gasteiger partial charge on any atom is 0.224 e. The Morgan fingerprint density at radius 3 is 2.78 bits per heavy atom. The zero-order valence-corrected chi connectivity index (χ0v) is 14.8. The zero-order valence-electron chi connectivity index (χ0n) is 13.2. The minimum absolute atomic E-state index is 0.00180. The molecule has 120 valence electrons. The van der Waals surface area contributed by atoms with Gasteiger partial charge in [0.05, 0.1) is 6.04 Å². The van der Waals surface area contributed by atoms with Gasteiger partial charge < -0.3 is 5.32 Å². The van der Waals surface area contributed by atoms with Crippen molar-refractivity contribution in [2.75, 3.05) is 11.5 Å². The molecule has 1 heterocycles. The van der Waals surface area contributed by atoms with Gasteiger partial charge in [0, 0.05) is 27.2 Å². The molecule has 0 bridgehead atoms. The molecule has 2 unspecified atom stereocenters. The largest absolute Gasteiger partial charge is 0.349 e. The zero-order chi connectivity index (χ0) is 16.1. The van der Waals surface area contributed by atoms with E-state index in [2.05, 4.69) is 41.7 Å². The van der Waals surface area contributed by atoms with Crippen LogP contribution in [0, 0.1) is 5.92 Å². The van der Waals surface area contributed by atoms with Crippen LogP contribution in [0.5, 0.6) is 0 Å². The number of rotatable bonds is 5. The molecule has 1 aliphatic heterocycles. The van der Waals surface area contributed by atoms with E-state index in [4.69, 9.17) is 0 Å². The van der Waals surface area contributed by atoms with Crippen LogP contribution in [-0.2, 0) is 4.79 Å². The van der Waals surface area contributed by atoms with Crippen LogP contribution in [-0.4, -0.2) is 17.4 Å². The fourth-order valence-electron chi connectivity index (χ4n) is 2.62. The molecular formula is C19H21NOS2. The topological polar surface area (TPSA) is 29.1 Å². The lowest BCUT2D eigenvalue weighted by molar-refractivity contribution is -0.124. The van der Waals surface area contributed by atoms with E-state index in [0.717, 1.165) is 17.9 Å². The number of hydrogen-bond acceptors (Lipinski definition) is 3. The highest BCUT2D eigenvalue weighted by Crippen LogP contribution is 2.36. The molecule has 1 amide bonds. The first-order chi connectivity index (χ1) is 11.2. The molecule has 0 radical (unpaired) electrons. The van der Waals surface area contributed by atoms with Gasteiger partial charge in [-0.3, -0.25) is 4.79 Å². The van der Waals surface area contributed by atoms with Gasteiger partial charge in [0.1, 0.15) is 0 Å². The summed E-state index contributed by atoms with van der Waals surface area (Å²) in [5, 5.41) is 3.25. The molecule has 0 saturated heterocycles. The fraction of sp³-hybridized carbons (Fsp3) is 0.316. The lowest BCUT2D eigenvalue weighted by Gasteiger charge is -2.27. The van der Waals surface area contributed by atoms with Crippen molar-refractivity contribution in [1.29, 1.82) is 0 Å². The Labute approximate surface area is 146 Å². The minimum atomic E-state index is 0.00180. The third kappa shape index (κ3) is 4.33. The van der Waals surface area contributed by atoms with Crippen LogP contribution in [0.15, 0.2) is 64.4 Å². The van der Waals surface area contributed by atoms with Crippen LogP contribution in [0.4, 0.5) is 0 Å². The van der Waals surface area contributed by atoms with Crippen molar-refractivity contribution in [3.05, 3.63) is 60.2 Å². The Hall–Kier alpha value is -1.39. The van der Waals surface area contributed by atoms with Crippen molar-refractivity contribution in [3.63, 3.8) is 0 Å². The normalized spacial score (nSPS) is 18.0. The summed E-state index contributed by atoms with van der Waals surface area (Å²) >= 11 is 3.62. The van der Waals surface area contributed by atoms with Crippen molar-refractivity contribution >= 4 is 29.4 Å². The van der Waals surface area contributed by atoms with Gasteiger partial charge in [-0.1, -0.05) is 43.3 Å². The van der Waals surface area contributed by atoms with E-state index in [1.807, 2.05) is 36.9 Å². The number of carbonyl (C=O) groups excluding carboxylic acids is 1. The highest BCUT2D eigenvalue weighted by atomic mass is 32.2. The molecule has 23 heavy (non-hydrogen) atoms. The van der Waals surface area contributed by atoms with E-state index in [1.165, 1.54) is 15.4 Å². The number of fused-ring (bicyclic) bond motifs is 1. The molecule has 4 heteroatoms. The Bertz CT molecular complexity index is 659. The van der Waals surface area contributed by atoms with Crippen LogP contribution in [0.1, 0.15) is 24.9 Å². The third-order valence-corrected chi connectivity index (χ3v) is 6.36. The second-order valence-electron chi connectivity index (χ2n) is 5.76. The molecule has 2 aromatic rings. The van der Waals surface area contributed by atoms with Gasteiger partial charge >= 0.3 is 0 Å². The van der Waals surface area contributed by atoms with E-state index < -0.39 is 0 Å². The fourth-order valence-corrected chi connectivity index (χ4v) is 4.69. The van der Waals surface area contributed by atoms with E-state index in [-0.39, 0.29) is 17.9 Å². The van der Waals surface area contributed by atoms with Gasteiger partial charge in [-0.05, 0) is 30.2 Å². The van der Waals surface area contributed by atoms with Crippen LogP contribution in [0.25, 0.3) is 0 Å². The predicted molar refractivity (Wildman–Crippen MR) is 99.0 cm³/mol. The van der Waals surface area contributed by atoms with Crippen molar-refractivity contribution in [2.45, 2.75) is 29.2 Å². The van der Waals surface area contributed by atoms with E-state index in [9.17, 15) is 4.79 Å². The Morgan fingerprint density at radius 1 is 1.22 bits per heavy atom. The van der Waals surface area contributed by atoms with Gasteiger partial charge in [-0.25, -0.2) is 0 Å². The lowest BCUT2D eigenvalue weighted by atomic mass is 10.0. The average molecular weight is 344 g/mol. The van der Waals surface area contributed by atoms with E-state index >= 15 is 0 Å². The van der Waals surface area contributed by atoms with Gasteiger partial charge in [0.2, 0.25) is 5.91 Å². The summed E-state index contributed by atoms with van der Waals surface area (Å²) in [6, 6.07) is 18.8. The molecule has 2 aromatic carbocycles. The number of carbonyl (C=O) groups is 1. The van der Waals surface area contributed by atoms with Crippen molar-refractivity contribution in [2.24, 2.45) is 5.92 Å². The minimum Gasteiger partial charge on any atom is -0.349 e.